The first-order valence-electron chi connectivity index (χ1n) is 6.94. The van der Waals surface area contributed by atoms with Crippen LogP contribution in [-0.2, 0) is 0 Å². The van der Waals surface area contributed by atoms with Crippen LogP contribution in [0.2, 0.25) is 0 Å². The number of nitrogens with zero attached hydrogens (tertiary/aromatic N) is 1. The largest absolute Gasteiger partial charge is 0.491 e. The van der Waals surface area contributed by atoms with Crippen LogP contribution in [0.5, 0.6) is 5.75 Å². The third-order valence-corrected chi connectivity index (χ3v) is 3.46. The Labute approximate surface area is 110 Å². The van der Waals surface area contributed by atoms with Crippen molar-refractivity contribution in [3.8, 4) is 5.75 Å². The number of piperidine rings is 1. The molecule has 1 aromatic carbocycles. The van der Waals surface area contributed by atoms with Gasteiger partial charge < -0.3 is 15.4 Å². The lowest BCUT2D eigenvalue weighted by Gasteiger charge is -2.33. The third kappa shape index (κ3) is 3.16. The predicted molar refractivity (Wildman–Crippen MR) is 76.4 cm³/mol. The molecule has 0 aliphatic carbocycles. The smallest absolute Gasteiger partial charge is 0.142 e. The van der Waals surface area contributed by atoms with E-state index in [0.29, 0.717) is 6.04 Å². The second kappa shape index (κ2) is 6.10. The van der Waals surface area contributed by atoms with Crippen LogP contribution in [0.4, 0.5) is 5.69 Å². The molecule has 3 heteroatoms. The van der Waals surface area contributed by atoms with E-state index in [9.17, 15) is 0 Å². The molecule has 1 aliphatic rings. The fourth-order valence-electron chi connectivity index (χ4n) is 2.35. The number of benzene rings is 1. The zero-order chi connectivity index (χ0) is 13.0. The van der Waals surface area contributed by atoms with Crippen LogP contribution in [0.3, 0.4) is 0 Å². The summed E-state index contributed by atoms with van der Waals surface area (Å²) < 4.78 is 5.85. The van der Waals surface area contributed by atoms with Crippen LogP contribution in [0.15, 0.2) is 18.2 Å². The molecule has 0 bridgehead atoms. The lowest BCUT2D eigenvalue weighted by molar-refractivity contribution is 0.316. The van der Waals surface area contributed by atoms with Gasteiger partial charge in [0.25, 0.3) is 0 Å². The quantitative estimate of drug-likeness (QED) is 0.890. The molecular weight excluding hydrogens is 224 g/mol. The number of hydrogen-bond donors (Lipinski definition) is 1. The summed E-state index contributed by atoms with van der Waals surface area (Å²) in [6, 6.07) is 6.80. The Morgan fingerprint density at radius 1 is 1.33 bits per heavy atom. The SMILES string of the molecule is CCCOc1ccc(C)cc1N1CCC(N)CC1. The molecule has 1 heterocycles. The van der Waals surface area contributed by atoms with E-state index >= 15 is 0 Å². The minimum absolute atomic E-state index is 0.367. The van der Waals surface area contributed by atoms with Gasteiger partial charge >= 0.3 is 0 Å². The van der Waals surface area contributed by atoms with E-state index in [2.05, 4.69) is 36.9 Å². The molecule has 3 nitrogen and oxygen atoms in total. The molecule has 1 fully saturated rings. The summed E-state index contributed by atoms with van der Waals surface area (Å²) in [5.74, 6) is 1.01. The van der Waals surface area contributed by atoms with Gasteiger partial charge in [0.1, 0.15) is 5.75 Å². The van der Waals surface area contributed by atoms with Crippen molar-refractivity contribution < 1.29 is 4.74 Å². The zero-order valence-electron chi connectivity index (χ0n) is 11.5. The van der Waals surface area contributed by atoms with E-state index in [1.165, 1.54) is 11.3 Å². The van der Waals surface area contributed by atoms with Crippen molar-refractivity contribution in [1.82, 2.24) is 0 Å². The molecule has 0 atom stereocenters. The second-order valence-electron chi connectivity index (χ2n) is 5.14. The number of hydrogen-bond acceptors (Lipinski definition) is 3. The minimum atomic E-state index is 0.367. The highest BCUT2D eigenvalue weighted by molar-refractivity contribution is 5.60. The van der Waals surface area contributed by atoms with Gasteiger partial charge in [-0.1, -0.05) is 13.0 Å². The summed E-state index contributed by atoms with van der Waals surface area (Å²) in [7, 11) is 0. The molecule has 0 aromatic heterocycles. The van der Waals surface area contributed by atoms with E-state index in [1.54, 1.807) is 0 Å². The van der Waals surface area contributed by atoms with Gasteiger partial charge in [-0.3, -0.25) is 0 Å². The average molecular weight is 248 g/mol. The summed E-state index contributed by atoms with van der Waals surface area (Å²) in [4.78, 5) is 2.40. The van der Waals surface area contributed by atoms with Crippen molar-refractivity contribution in [2.75, 3.05) is 24.6 Å². The Hall–Kier alpha value is -1.22. The Bertz CT molecular complexity index is 384. The molecule has 1 saturated heterocycles. The van der Waals surface area contributed by atoms with Gasteiger partial charge in [-0.15, -0.1) is 0 Å². The van der Waals surface area contributed by atoms with Gasteiger partial charge in [0.2, 0.25) is 0 Å². The van der Waals surface area contributed by atoms with Gasteiger partial charge in [-0.2, -0.15) is 0 Å². The van der Waals surface area contributed by atoms with E-state index in [4.69, 9.17) is 10.5 Å². The van der Waals surface area contributed by atoms with Crippen molar-refractivity contribution in [2.45, 2.75) is 39.2 Å². The topological polar surface area (TPSA) is 38.5 Å². The van der Waals surface area contributed by atoms with Crippen molar-refractivity contribution in [3.05, 3.63) is 23.8 Å². The fourth-order valence-corrected chi connectivity index (χ4v) is 2.35. The standard InChI is InChI=1S/C15H24N2O/c1-3-10-18-15-5-4-12(2)11-14(15)17-8-6-13(16)7-9-17/h4-5,11,13H,3,6-10,16H2,1-2H3. The first-order valence-corrected chi connectivity index (χ1v) is 6.94. The molecule has 1 aromatic rings. The number of anilines is 1. The van der Waals surface area contributed by atoms with Crippen LogP contribution in [0.25, 0.3) is 0 Å². The van der Waals surface area contributed by atoms with Gasteiger partial charge in [-0.25, -0.2) is 0 Å². The van der Waals surface area contributed by atoms with Crippen LogP contribution in [-0.4, -0.2) is 25.7 Å². The maximum Gasteiger partial charge on any atom is 0.142 e. The minimum Gasteiger partial charge on any atom is -0.491 e. The normalized spacial score (nSPS) is 16.9. The van der Waals surface area contributed by atoms with Crippen molar-refractivity contribution >= 4 is 5.69 Å². The summed E-state index contributed by atoms with van der Waals surface area (Å²) >= 11 is 0. The van der Waals surface area contributed by atoms with E-state index < -0.39 is 0 Å². The molecule has 2 rings (SSSR count). The number of ether oxygens (including phenoxy) is 1. The first-order chi connectivity index (χ1) is 8.70. The molecule has 0 radical (unpaired) electrons. The van der Waals surface area contributed by atoms with Gasteiger partial charge in [0, 0.05) is 19.1 Å². The summed E-state index contributed by atoms with van der Waals surface area (Å²) in [5, 5.41) is 0. The Morgan fingerprint density at radius 2 is 2.06 bits per heavy atom. The van der Waals surface area contributed by atoms with E-state index in [0.717, 1.165) is 44.7 Å². The fraction of sp³-hybridized carbons (Fsp3) is 0.600. The predicted octanol–water partition coefficient (Wildman–Crippen LogP) is 2.71. The molecule has 0 unspecified atom stereocenters. The zero-order valence-corrected chi connectivity index (χ0v) is 11.5. The molecule has 0 amide bonds. The van der Waals surface area contributed by atoms with Crippen LogP contribution >= 0.6 is 0 Å². The first kappa shape index (κ1) is 13.2. The number of aryl methyl sites for hydroxylation is 1. The molecule has 18 heavy (non-hydrogen) atoms. The van der Waals surface area contributed by atoms with Crippen molar-refractivity contribution in [1.29, 1.82) is 0 Å². The molecule has 0 saturated carbocycles. The summed E-state index contributed by atoms with van der Waals surface area (Å²) in [6.07, 6.45) is 3.18. The molecule has 100 valence electrons. The molecule has 0 spiro atoms. The molecule has 2 N–H and O–H groups in total. The molecule has 1 aliphatic heterocycles. The van der Waals surface area contributed by atoms with Gasteiger partial charge in [0.15, 0.2) is 0 Å². The van der Waals surface area contributed by atoms with Gasteiger partial charge in [0.05, 0.1) is 12.3 Å². The lowest BCUT2D eigenvalue weighted by Crippen LogP contribution is -2.39. The Balaban J connectivity index is 2.16. The number of nitrogens with two attached hydrogens (primary N) is 1. The van der Waals surface area contributed by atoms with Crippen LogP contribution in [0, 0.1) is 6.92 Å². The van der Waals surface area contributed by atoms with Gasteiger partial charge in [-0.05, 0) is 43.9 Å². The van der Waals surface area contributed by atoms with Crippen LogP contribution < -0.4 is 15.4 Å². The van der Waals surface area contributed by atoms with E-state index in [1.807, 2.05) is 0 Å². The van der Waals surface area contributed by atoms with Crippen molar-refractivity contribution in [2.24, 2.45) is 5.73 Å². The second-order valence-corrected chi connectivity index (χ2v) is 5.14. The maximum atomic E-state index is 5.97. The highest BCUT2D eigenvalue weighted by Gasteiger charge is 2.19. The van der Waals surface area contributed by atoms with Crippen LogP contribution in [0.1, 0.15) is 31.7 Å². The summed E-state index contributed by atoms with van der Waals surface area (Å²) in [5.41, 5.74) is 8.48. The van der Waals surface area contributed by atoms with E-state index in [-0.39, 0.29) is 0 Å². The summed E-state index contributed by atoms with van der Waals surface area (Å²) in [6.45, 7) is 7.11. The maximum absolute atomic E-state index is 5.97. The Kier molecular flexibility index (Phi) is 4.48. The number of rotatable bonds is 4. The van der Waals surface area contributed by atoms with Crippen molar-refractivity contribution in [3.63, 3.8) is 0 Å². The lowest BCUT2D eigenvalue weighted by atomic mass is 10.0. The monoisotopic (exact) mass is 248 g/mol. The Morgan fingerprint density at radius 3 is 2.72 bits per heavy atom. The third-order valence-electron chi connectivity index (χ3n) is 3.46. The highest BCUT2D eigenvalue weighted by atomic mass is 16.5. The average Bonchev–Trinajstić information content (AvgIpc) is 2.38. The molecular formula is C15H24N2O. The highest BCUT2D eigenvalue weighted by Crippen LogP contribution is 2.31.